The molecule has 1 aliphatic heterocycles. The molecule has 0 aromatic carbocycles. The first-order chi connectivity index (χ1) is 8.85. The van der Waals surface area contributed by atoms with Crippen LogP contribution >= 0.6 is 0 Å². The summed E-state index contributed by atoms with van der Waals surface area (Å²) in [6.45, 7) is 8.44. The minimum absolute atomic E-state index is 0.00359. The zero-order valence-electron chi connectivity index (χ0n) is 12.8. The highest BCUT2D eigenvalue weighted by atomic mass is 16.5. The number of hydrogen-bond donors (Lipinski definition) is 2. The molecule has 2 N–H and O–H groups in total. The second kappa shape index (κ2) is 6.68. The van der Waals surface area contributed by atoms with Crippen LogP contribution in [0.25, 0.3) is 0 Å². The Balaban J connectivity index is 2.58. The molecule has 5 nitrogen and oxygen atoms in total. The van der Waals surface area contributed by atoms with Gasteiger partial charge in [0.15, 0.2) is 0 Å². The molecule has 19 heavy (non-hydrogen) atoms. The first kappa shape index (κ1) is 16.4. The molecule has 112 valence electrons. The fourth-order valence-corrected chi connectivity index (χ4v) is 2.44. The van der Waals surface area contributed by atoms with Crippen molar-refractivity contribution in [1.29, 1.82) is 0 Å². The van der Waals surface area contributed by atoms with Crippen molar-refractivity contribution in [3.05, 3.63) is 0 Å². The lowest BCUT2D eigenvalue weighted by molar-refractivity contribution is -0.147. The normalized spacial score (nSPS) is 20.9. The van der Waals surface area contributed by atoms with Crippen LogP contribution in [-0.4, -0.2) is 51.5 Å². The molecule has 0 bridgehead atoms. The van der Waals surface area contributed by atoms with Gasteiger partial charge in [-0.05, 0) is 31.3 Å². The lowest BCUT2D eigenvalue weighted by atomic mass is 9.88. The van der Waals surface area contributed by atoms with E-state index in [-0.39, 0.29) is 17.4 Å². The monoisotopic (exact) mass is 272 g/mol. The Morgan fingerprint density at radius 2 is 1.89 bits per heavy atom. The molecule has 0 saturated carbocycles. The molecule has 1 fully saturated rings. The summed E-state index contributed by atoms with van der Waals surface area (Å²) >= 11 is 0. The minimum atomic E-state index is -0.679. The second-order valence-electron chi connectivity index (χ2n) is 6.25. The summed E-state index contributed by atoms with van der Waals surface area (Å²) in [6.07, 6.45) is 1.41. The average molecular weight is 272 g/mol. The molecule has 5 heteroatoms. The highest BCUT2D eigenvalue weighted by Gasteiger charge is 2.40. The zero-order chi connectivity index (χ0) is 14.5. The number of piperidine rings is 1. The van der Waals surface area contributed by atoms with Crippen molar-refractivity contribution in [3.8, 4) is 0 Å². The molecular formula is C14H28N2O3. The molecule has 0 aromatic rings. The van der Waals surface area contributed by atoms with Crippen molar-refractivity contribution < 1.29 is 14.3 Å². The Kier molecular flexibility index (Phi) is 5.77. The summed E-state index contributed by atoms with van der Waals surface area (Å²) in [5, 5.41) is 6.23. The summed E-state index contributed by atoms with van der Waals surface area (Å²) in [5.41, 5.74) is -0.683. The van der Waals surface area contributed by atoms with Crippen molar-refractivity contribution >= 4 is 5.91 Å². The maximum absolute atomic E-state index is 12.4. The van der Waals surface area contributed by atoms with E-state index in [1.807, 2.05) is 0 Å². The van der Waals surface area contributed by atoms with Gasteiger partial charge >= 0.3 is 0 Å². The van der Waals surface area contributed by atoms with E-state index in [0.29, 0.717) is 19.4 Å². The molecule has 0 aromatic heterocycles. The van der Waals surface area contributed by atoms with Crippen LogP contribution in [-0.2, 0) is 14.3 Å². The van der Waals surface area contributed by atoms with E-state index in [1.54, 1.807) is 14.2 Å². The van der Waals surface area contributed by atoms with Gasteiger partial charge in [0.25, 0.3) is 5.91 Å². The molecule has 0 spiro atoms. The largest absolute Gasteiger partial charge is 0.379 e. The van der Waals surface area contributed by atoms with Crippen molar-refractivity contribution in [1.82, 2.24) is 10.6 Å². The van der Waals surface area contributed by atoms with Gasteiger partial charge in [-0.1, -0.05) is 20.8 Å². The van der Waals surface area contributed by atoms with Crippen molar-refractivity contribution in [2.24, 2.45) is 5.41 Å². The summed E-state index contributed by atoms with van der Waals surface area (Å²) in [4.78, 5) is 12.4. The number of carbonyl (C=O) groups is 1. The van der Waals surface area contributed by atoms with E-state index >= 15 is 0 Å². The van der Waals surface area contributed by atoms with Crippen LogP contribution in [0.1, 0.15) is 33.6 Å². The van der Waals surface area contributed by atoms with Crippen LogP contribution in [0, 0.1) is 5.41 Å². The maximum Gasteiger partial charge on any atom is 0.252 e. The summed E-state index contributed by atoms with van der Waals surface area (Å²) in [6, 6.07) is 0. The number of carbonyl (C=O) groups excluding carboxylic acids is 1. The van der Waals surface area contributed by atoms with Crippen LogP contribution < -0.4 is 10.6 Å². The van der Waals surface area contributed by atoms with Gasteiger partial charge in [0.05, 0.1) is 6.10 Å². The summed E-state index contributed by atoms with van der Waals surface area (Å²) in [7, 11) is 3.29. The molecule has 1 amide bonds. The van der Waals surface area contributed by atoms with Crippen molar-refractivity contribution in [3.63, 3.8) is 0 Å². The van der Waals surface area contributed by atoms with E-state index in [9.17, 15) is 4.79 Å². The van der Waals surface area contributed by atoms with E-state index in [0.717, 1.165) is 13.1 Å². The highest BCUT2D eigenvalue weighted by molar-refractivity contribution is 5.85. The number of hydrogen-bond acceptors (Lipinski definition) is 4. The SMILES string of the molecule is COC(CNC(=O)C1(OC)CCNCC1)C(C)(C)C. The van der Waals surface area contributed by atoms with E-state index in [1.165, 1.54) is 0 Å². The third kappa shape index (κ3) is 4.16. The third-order valence-corrected chi connectivity index (χ3v) is 3.91. The Morgan fingerprint density at radius 3 is 2.32 bits per heavy atom. The predicted molar refractivity (Wildman–Crippen MR) is 75.1 cm³/mol. The fourth-order valence-electron chi connectivity index (χ4n) is 2.44. The van der Waals surface area contributed by atoms with Crippen LogP contribution in [0.3, 0.4) is 0 Å². The maximum atomic E-state index is 12.4. The summed E-state index contributed by atoms with van der Waals surface area (Å²) in [5.74, 6) is -0.0252. The number of ether oxygens (including phenoxy) is 2. The Labute approximate surface area is 116 Å². The average Bonchev–Trinajstić information content (AvgIpc) is 2.38. The molecule has 1 aliphatic rings. The van der Waals surface area contributed by atoms with Gasteiger partial charge in [0.2, 0.25) is 0 Å². The van der Waals surface area contributed by atoms with Crippen molar-refractivity contribution in [2.45, 2.75) is 45.3 Å². The number of methoxy groups -OCH3 is 2. The molecular weight excluding hydrogens is 244 g/mol. The van der Waals surface area contributed by atoms with Gasteiger partial charge in [-0.15, -0.1) is 0 Å². The van der Waals surface area contributed by atoms with Crippen LogP contribution in [0.5, 0.6) is 0 Å². The standard InChI is InChI=1S/C14H28N2O3/c1-13(2,3)11(18-4)10-16-12(17)14(19-5)6-8-15-9-7-14/h11,15H,6-10H2,1-5H3,(H,16,17). The fraction of sp³-hybridized carbons (Fsp3) is 0.929. The van der Waals surface area contributed by atoms with E-state index < -0.39 is 5.60 Å². The molecule has 1 heterocycles. The molecule has 0 radical (unpaired) electrons. The Hall–Kier alpha value is -0.650. The lowest BCUT2D eigenvalue weighted by Crippen LogP contribution is -2.55. The van der Waals surface area contributed by atoms with Gasteiger partial charge in [-0.25, -0.2) is 0 Å². The van der Waals surface area contributed by atoms with E-state index in [2.05, 4.69) is 31.4 Å². The lowest BCUT2D eigenvalue weighted by Gasteiger charge is -2.36. The first-order valence-corrected chi connectivity index (χ1v) is 6.93. The van der Waals surface area contributed by atoms with Gasteiger partial charge < -0.3 is 20.1 Å². The van der Waals surface area contributed by atoms with E-state index in [4.69, 9.17) is 9.47 Å². The molecule has 1 atom stereocenters. The number of rotatable bonds is 5. The predicted octanol–water partition coefficient (Wildman–Crippen LogP) is 0.932. The molecule has 1 unspecified atom stereocenters. The third-order valence-electron chi connectivity index (χ3n) is 3.91. The Bertz CT molecular complexity index is 294. The highest BCUT2D eigenvalue weighted by Crippen LogP contribution is 2.24. The minimum Gasteiger partial charge on any atom is -0.379 e. The van der Waals surface area contributed by atoms with Crippen LogP contribution in [0.2, 0.25) is 0 Å². The summed E-state index contributed by atoms with van der Waals surface area (Å²) < 4.78 is 11.0. The molecule has 0 aliphatic carbocycles. The second-order valence-corrected chi connectivity index (χ2v) is 6.25. The van der Waals surface area contributed by atoms with Gasteiger partial charge in [0, 0.05) is 20.8 Å². The topological polar surface area (TPSA) is 59.6 Å². The quantitative estimate of drug-likeness (QED) is 0.782. The Morgan fingerprint density at radius 1 is 1.32 bits per heavy atom. The number of nitrogens with one attached hydrogen (secondary N) is 2. The zero-order valence-corrected chi connectivity index (χ0v) is 12.8. The molecule has 1 rings (SSSR count). The van der Waals surface area contributed by atoms with Gasteiger partial charge in [-0.3, -0.25) is 4.79 Å². The van der Waals surface area contributed by atoms with Gasteiger partial charge in [-0.2, -0.15) is 0 Å². The van der Waals surface area contributed by atoms with Crippen LogP contribution in [0.4, 0.5) is 0 Å². The van der Waals surface area contributed by atoms with Gasteiger partial charge in [0.1, 0.15) is 5.60 Å². The smallest absolute Gasteiger partial charge is 0.252 e. The number of amides is 1. The molecule has 1 saturated heterocycles. The first-order valence-electron chi connectivity index (χ1n) is 6.93. The van der Waals surface area contributed by atoms with Crippen LogP contribution in [0.15, 0.2) is 0 Å². The van der Waals surface area contributed by atoms with Crippen molar-refractivity contribution in [2.75, 3.05) is 33.9 Å².